The van der Waals surface area contributed by atoms with Crippen molar-refractivity contribution in [1.82, 2.24) is 0 Å². The van der Waals surface area contributed by atoms with Crippen LogP contribution < -0.4 is 9.64 Å². The summed E-state index contributed by atoms with van der Waals surface area (Å²) < 4.78 is 45.4. The van der Waals surface area contributed by atoms with Crippen LogP contribution in [0.3, 0.4) is 0 Å². The maximum atomic E-state index is 12.6. The van der Waals surface area contributed by atoms with Gasteiger partial charge in [-0.25, -0.2) is 4.79 Å². The van der Waals surface area contributed by atoms with E-state index >= 15 is 0 Å². The number of nitrogens with zero attached hydrogens (tertiary/aromatic N) is 1. The molecule has 0 radical (unpaired) electrons. The summed E-state index contributed by atoms with van der Waals surface area (Å²) in [6.07, 6.45) is -0.0436. The summed E-state index contributed by atoms with van der Waals surface area (Å²) in [4.78, 5) is 26.0. The number of alkyl halides is 3. The van der Waals surface area contributed by atoms with Crippen molar-refractivity contribution in [3.63, 3.8) is 0 Å². The number of methoxy groups -OCH3 is 1. The highest BCUT2D eigenvalue weighted by Crippen LogP contribution is 2.31. The maximum Gasteiger partial charge on any atom is 0.573 e. The lowest BCUT2D eigenvalue weighted by Crippen LogP contribution is -2.45. The second-order valence-electron chi connectivity index (χ2n) is 7.08. The van der Waals surface area contributed by atoms with E-state index < -0.39 is 18.2 Å². The zero-order valence-corrected chi connectivity index (χ0v) is 16.4. The van der Waals surface area contributed by atoms with Gasteiger partial charge in [0.25, 0.3) is 0 Å². The van der Waals surface area contributed by atoms with Gasteiger partial charge in [-0.1, -0.05) is 43.5 Å². The Morgan fingerprint density at radius 1 is 0.900 bits per heavy atom. The van der Waals surface area contributed by atoms with Crippen LogP contribution in [0.2, 0.25) is 0 Å². The SMILES string of the molecule is COC(=O)C(=O)N(c1ccc(-c2ccc(OC(F)(F)F)cc2)cc1)C1CCCCC1. The fourth-order valence-electron chi connectivity index (χ4n) is 3.68. The van der Waals surface area contributed by atoms with Gasteiger partial charge >= 0.3 is 18.2 Å². The molecule has 1 aliphatic carbocycles. The maximum absolute atomic E-state index is 12.6. The summed E-state index contributed by atoms with van der Waals surface area (Å²) in [6.45, 7) is 0. The molecule has 2 aromatic rings. The Balaban J connectivity index is 1.82. The average molecular weight is 421 g/mol. The van der Waals surface area contributed by atoms with Gasteiger partial charge in [0.1, 0.15) is 5.75 Å². The first-order chi connectivity index (χ1) is 14.3. The minimum absolute atomic E-state index is 0.0741. The van der Waals surface area contributed by atoms with E-state index in [1.807, 2.05) is 0 Å². The molecule has 0 saturated heterocycles. The lowest BCUT2D eigenvalue weighted by molar-refractivity contribution is -0.274. The number of hydrogen-bond donors (Lipinski definition) is 0. The molecule has 160 valence electrons. The van der Waals surface area contributed by atoms with Crippen LogP contribution >= 0.6 is 0 Å². The van der Waals surface area contributed by atoms with E-state index in [-0.39, 0.29) is 11.8 Å². The van der Waals surface area contributed by atoms with Crippen molar-refractivity contribution >= 4 is 17.6 Å². The third kappa shape index (κ3) is 5.31. The molecule has 1 saturated carbocycles. The zero-order chi connectivity index (χ0) is 21.7. The van der Waals surface area contributed by atoms with Crippen molar-refractivity contribution < 1.29 is 32.2 Å². The fraction of sp³-hybridized carbons (Fsp3) is 0.364. The number of carbonyl (C=O) groups is 2. The quantitative estimate of drug-likeness (QED) is 0.510. The molecule has 30 heavy (non-hydrogen) atoms. The first-order valence-corrected chi connectivity index (χ1v) is 9.66. The Hall–Kier alpha value is -3.03. The molecule has 0 spiro atoms. The summed E-state index contributed by atoms with van der Waals surface area (Å²) in [5, 5.41) is 0. The van der Waals surface area contributed by atoms with Gasteiger partial charge in [0.2, 0.25) is 0 Å². The number of amides is 1. The normalized spacial score (nSPS) is 14.8. The van der Waals surface area contributed by atoms with Crippen LogP contribution in [-0.4, -0.2) is 31.4 Å². The molecule has 0 aromatic heterocycles. The smallest absolute Gasteiger partial charge is 0.462 e. The summed E-state index contributed by atoms with van der Waals surface area (Å²) >= 11 is 0. The topological polar surface area (TPSA) is 55.8 Å². The summed E-state index contributed by atoms with van der Waals surface area (Å²) in [6, 6.07) is 12.4. The van der Waals surface area contributed by atoms with Crippen LogP contribution in [0.25, 0.3) is 11.1 Å². The molecule has 0 atom stereocenters. The second-order valence-corrected chi connectivity index (χ2v) is 7.08. The highest BCUT2D eigenvalue weighted by Gasteiger charge is 2.32. The van der Waals surface area contributed by atoms with E-state index in [2.05, 4.69) is 9.47 Å². The van der Waals surface area contributed by atoms with E-state index in [0.29, 0.717) is 11.3 Å². The van der Waals surface area contributed by atoms with E-state index in [1.165, 1.54) is 36.3 Å². The van der Waals surface area contributed by atoms with Crippen LogP contribution in [0.15, 0.2) is 48.5 Å². The van der Waals surface area contributed by atoms with E-state index in [0.717, 1.165) is 37.7 Å². The van der Waals surface area contributed by atoms with Crippen molar-refractivity contribution in [2.24, 2.45) is 0 Å². The largest absolute Gasteiger partial charge is 0.573 e. The molecule has 0 aliphatic heterocycles. The van der Waals surface area contributed by atoms with Crippen molar-refractivity contribution in [3.8, 4) is 16.9 Å². The lowest BCUT2D eigenvalue weighted by Gasteiger charge is -2.33. The number of ether oxygens (including phenoxy) is 2. The van der Waals surface area contributed by atoms with Crippen LogP contribution in [0, 0.1) is 0 Å². The number of rotatable bonds is 4. The Morgan fingerprint density at radius 2 is 1.43 bits per heavy atom. The minimum atomic E-state index is -4.74. The summed E-state index contributed by atoms with van der Waals surface area (Å²) in [5.74, 6) is -1.91. The van der Waals surface area contributed by atoms with Crippen LogP contribution in [0.1, 0.15) is 32.1 Å². The van der Waals surface area contributed by atoms with Gasteiger partial charge in [0.15, 0.2) is 0 Å². The first-order valence-electron chi connectivity index (χ1n) is 9.66. The first kappa shape index (κ1) is 21.7. The van der Waals surface area contributed by atoms with Crippen molar-refractivity contribution in [2.45, 2.75) is 44.5 Å². The van der Waals surface area contributed by atoms with Crippen molar-refractivity contribution in [2.75, 3.05) is 12.0 Å². The molecule has 1 aliphatic rings. The molecular formula is C22H22F3NO4. The van der Waals surface area contributed by atoms with Gasteiger partial charge in [0.05, 0.1) is 7.11 Å². The van der Waals surface area contributed by atoms with Gasteiger partial charge in [-0.2, -0.15) is 0 Å². The van der Waals surface area contributed by atoms with Gasteiger partial charge < -0.3 is 9.47 Å². The van der Waals surface area contributed by atoms with E-state index in [4.69, 9.17) is 0 Å². The number of anilines is 1. The predicted octanol–water partition coefficient (Wildman–Crippen LogP) is 5.09. The second kappa shape index (κ2) is 9.19. The Morgan fingerprint density at radius 3 is 1.93 bits per heavy atom. The monoisotopic (exact) mass is 421 g/mol. The van der Waals surface area contributed by atoms with Crippen LogP contribution in [0.5, 0.6) is 5.75 Å². The fourth-order valence-corrected chi connectivity index (χ4v) is 3.68. The minimum Gasteiger partial charge on any atom is -0.462 e. The average Bonchev–Trinajstić information content (AvgIpc) is 2.74. The molecular weight excluding hydrogens is 399 g/mol. The molecule has 5 nitrogen and oxygen atoms in total. The Labute approximate surface area is 172 Å². The molecule has 2 aromatic carbocycles. The zero-order valence-electron chi connectivity index (χ0n) is 16.4. The number of carbonyl (C=O) groups excluding carboxylic acids is 2. The third-order valence-corrected chi connectivity index (χ3v) is 5.09. The summed E-state index contributed by atoms with van der Waals surface area (Å²) in [5.41, 5.74) is 2.03. The van der Waals surface area contributed by atoms with Gasteiger partial charge in [-0.05, 0) is 48.2 Å². The standard InChI is InChI=1S/C22H22F3NO4/c1-29-21(28)20(27)26(17-5-3-2-4-6-17)18-11-7-15(8-12-18)16-9-13-19(14-10-16)30-22(23,24)25/h7-14,17H,2-6H2,1H3. The highest BCUT2D eigenvalue weighted by molar-refractivity contribution is 6.38. The molecule has 3 rings (SSSR count). The molecule has 8 heteroatoms. The van der Waals surface area contributed by atoms with Crippen molar-refractivity contribution in [3.05, 3.63) is 48.5 Å². The molecule has 0 N–H and O–H groups in total. The van der Waals surface area contributed by atoms with Crippen LogP contribution in [-0.2, 0) is 14.3 Å². The van der Waals surface area contributed by atoms with Gasteiger partial charge in [-0.15, -0.1) is 13.2 Å². The number of hydrogen-bond acceptors (Lipinski definition) is 4. The molecule has 0 unspecified atom stereocenters. The molecule has 0 bridgehead atoms. The van der Waals surface area contributed by atoms with Crippen LogP contribution in [0.4, 0.5) is 18.9 Å². The number of halogens is 3. The highest BCUT2D eigenvalue weighted by atomic mass is 19.4. The van der Waals surface area contributed by atoms with E-state index in [1.54, 1.807) is 24.3 Å². The number of benzene rings is 2. The predicted molar refractivity (Wildman–Crippen MR) is 105 cm³/mol. The van der Waals surface area contributed by atoms with Crippen molar-refractivity contribution in [1.29, 1.82) is 0 Å². The molecule has 1 fully saturated rings. The molecule has 0 heterocycles. The Bertz CT molecular complexity index is 873. The van der Waals surface area contributed by atoms with Gasteiger partial charge in [-0.3, -0.25) is 9.69 Å². The summed E-state index contributed by atoms with van der Waals surface area (Å²) in [7, 11) is 1.18. The third-order valence-electron chi connectivity index (χ3n) is 5.09. The lowest BCUT2D eigenvalue weighted by atomic mass is 9.93. The molecule has 1 amide bonds. The van der Waals surface area contributed by atoms with Gasteiger partial charge in [0, 0.05) is 11.7 Å². The Kier molecular flexibility index (Phi) is 6.64. The number of esters is 1. The van der Waals surface area contributed by atoms with E-state index in [9.17, 15) is 22.8 Å².